The molecule has 0 radical (unpaired) electrons. The zero-order chi connectivity index (χ0) is 25.8. The summed E-state index contributed by atoms with van der Waals surface area (Å²) in [5.41, 5.74) is 0.657. The Labute approximate surface area is 211 Å². The number of rotatable bonds is 4. The van der Waals surface area contributed by atoms with Gasteiger partial charge in [-0.1, -0.05) is 12.1 Å². The summed E-state index contributed by atoms with van der Waals surface area (Å²) in [7, 11) is 0. The quantitative estimate of drug-likeness (QED) is 0.371. The number of aromatic nitrogens is 1. The smallest absolute Gasteiger partial charge is 0.259 e. The van der Waals surface area contributed by atoms with Gasteiger partial charge in [0, 0.05) is 24.0 Å². The number of carbonyl (C=O) groups is 2. The molecule has 0 bridgehead atoms. The Hall–Kier alpha value is -4.23. The van der Waals surface area contributed by atoms with Crippen LogP contribution in [0.5, 0.6) is 0 Å². The summed E-state index contributed by atoms with van der Waals surface area (Å²) < 4.78 is 29.5. The second-order valence-corrected chi connectivity index (χ2v) is 9.36. The average molecular weight is 504 g/mol. The van der Waals surface area contributed by atoms with E-state index in [1.165, 1.54) is 32.9 Å². The van der Waals surface area contributed by atoms with Gasteiger partial charge in [0.05, 0.1) is 30.1 Å². The number of amides is 2. The lowest BCUT2D eigenvalue weighted by atomic mass is 10.0. The minimum atomic E-state index is -1.18. The molecule has 36 heavy (non-hydrogen) atoms. The lowest BCUT2D eigenvalue weighted by Gasteiger charge is -2.29. The highest BCUT2D eigenvalue weighted by Gasteiger charge is 2.50. The molecule has 180 valence electrons. The summed E-state index contributed by atoms with van der Waals surface area (Å²) in [5, 5.41) is 0.0587. The predicted octanol–water partition coefficient (Wildman–Crippen LogP) is 4.98. The first-order chi connectivity index (χ1) is 17.1. The van der Waals surface area contributed by atoms with Gasteiger partial charge in [0.15, 0.2) is 5.11 Å². The maximum absolute atomic E-state index is 15.2. The van der Waals surface area contributed by atoms with E-state index in [2.05, 4.69) is 9.83 Å². The molecule has 0 spiro atoms. The van der Waals surface area contributed by atoms with Crippen LogP contribution in [0.2, 0.25) is 0 Å². The molecule has 1 fully saturated rings. The van der Waals surface area contributed by atoms with Gasteiger partial charge in [0.25, 0.3) is 11.8 Å². The van der Waals surface area contributed by atoms with Crippen LogP contribution >= 0.6 is 12.2 Å². The second kappa shape index (κ2) is 8.46. The van der Waals surface area contributed by atoms with E-state index in [9.17, 15) is 14.0 Å². The monoisotopic (exact) mass is 503 g/mol. The van der Waals surface area contributed by atoms with Crippen molar-refractivity contribution in [1.29, 1.82) is 0 Å². The fraction of sp³-hybridized carbons (Fsp3) is 0.192. The maximum atomic E-state index is 15.2. The van der Waals surface area contributed by atoms with Gasteiger partial charge in [-0.25, -0.2) is 13.6 Å². The van der Waals surface area contributed by atoms with Crippen molar-refractivity contribution in [2.45, 2.75) is 32.5 Å². The van der Waals surface area contributed by atoms with E-state index in [-0.39, 0.29) is 28.9 Å². The molecule has 3 heterocycles. The number of thiocarbonyl (C=S) groups is 1. The summed E-state index contributed by atoms with van der Waals surface area (Å²) in [6.45, 7) is 10.7. The van der Waals surface area contributed by atoms with Gasteiger partial charge in [-0.3, -0.25) is 19.5 Å². The first kappa shape index (κ1) is 23.5. The molecule has 3 aromatic rings. The molecular formula is C26H19F2N5O2S. The molecule has 10 heteroatoms. The molecule has 0 saturated carbocycles. The number of hydrogen-bond donors (Lipinski definition) is 0. The van der Waals surface area contributed by atoms with Crippen LogP contribution in [-0.4, -0.2) is 32.3 Å². The zero-order valence-corrected chi connectivity index (χ0v) is 20.1. The van der Waals surface area contributed by atoms with Gasteiger partial charge in [0.2, 0.25) is 5.69 Å². The molecule has 2 aliphatic heterocycles. The lowest BCUT2D eigenvalue weighted by Crippen LogP contribution is -2.44. The van der Waals surface area contributed by atoms with Gasteiger partial charge >= 0.3 is 0 Å². The molecule has 2 aliphatic rings. The Kier molecular flexibility index (Phi) is 5.53. The second-order valence-electron chi connectivity index (χ2n) is 9.00. The third-order valence-electron chi connectivity index (χ3n) is 6.38. The Bertz CT molecular complexity index is 1500. The van der Waals surface area contributed by atoms with Crippen LogP contribution in [0.4, 0.5) is 25.8 Å². The molecule has 1 saturated heterocycles. The number of hydrogen-bond acceptors (Lipinski definition) is 4. The average Bonchev–Trinajstić information content (AvgIpc) is 3.25. The highest BCUT2D eigenvalue weighted by Crippen LogP contribution is 2.38. The number of anilines is 2. The number of pyridine rings is 1. The third-order valence-corrected chi connectivity index (χ3v) is 6.75. The van der Waals surface area contributed by atoms with Crippen LogP contribution in [0.1, 0.15) is 35.5 Å². The largest absolute Gasteiger partial charge is 0.328 e. The molecular weight excluding hydrogens is 484 g/mol. The van der Waals surface area contributed by atoms with Crippen LogP contribution in [0.25, 0.3) is 4.85 Å². The van der Waals surface area contributed by atoms with E-state index < -0.39 is 23.1 Å². The van der Waals surface area contributed by atoms with Crippen LogP contribution in [0.3, 0.4) is 0 Å². The van der Waals surface area contributed by atoms with Crippen molar-refractivity contribution in [3.8, 4) is 0 Å². The van der Waals surface area contributed by atoms with Gasteiger partial charge in [-0.15, -0.1) is 0 Å². The summed E-state index contributed by atoms with van der Waals surface area (Å²) in [4.78, 5) is 37.5. The minimum Gasteiger partial charge on any atom is -0.328 e. The van der Waals surface area contributed by atoms with Gasteiger partial charge in [-0.2, -0.15) is 0 Å². The van der Waals surface area contributed by atoms with Crippen molar-refractivity contribution in [3.63, 3.8) is 0 Å². The van der Waals surface area contributed by atoms with E-state index >= 15 is 4.39 Å². The minimum absolute atomic E-state index is 0.0587. The van der Waals surface area contributed by atoms with E-state index in [1.807, 2.05) is 0 Å². The first-order valence-electron chi connectivity index (χ1n) is 11.0. The van der Waals surface area contributed by atoms with E-state index in [0.29, 0.717) is 29.1 Å². The van der Waals surface area contributed by atoms with Gasteiger partial charge < -0.3 is 9.80 Å². The Morgan fingerprint density at radius 3 is 2.47 bits per heavy atom. The molecule has 5 rings (SSSR count). The molecule has 0 unspecified atom stereocenters. The van der Waals surface area contributed by atoms with Crippen molar-refractivity contribution in [2.75, 3.05) is 9.80 Å². The number of nitrogens with zero attached hydrogens (tertiary/aromatic N) is 5. The van der Waals surface area contributed by atoms with Crippen molar-refractivity contribution >= 4 is 46.2 Å². The number of benzene rings is 2. The molecule has 1 aromatic heterocycles. The van der Waals surface area contributed by atoms with Gasteiger partial charge in [-0.05, 0) is 62.5 Å². The lowest BCUT2D eigenvalue weighted by molar-refractivity contribution is -0.120. The topological polar surface area (TPSA) is 61.1 Å². The number of fused-ring (bicyclic) bond motifs is 1. The normalized spacial score (nSPS) is 16.5. The van der Waals surface area contributed by atoms with Crippen LogP contribution < -0.4 is 9.80 Å². The third kappa shape index (κ3) is 3.60. The molecule has 7 nitrogen and oxygen atoms in total. The maximum Gasteiger partial charge on any atom is 0.259 e. The Balaban J connectivity index is 1.42. The van der Waals surface area contributed by atoms with E-state index in [4.69, 9.17) is 18.8 Å². The van der Waals surface area contributed by atoms with Crippen molar-refractivity contribution in [1.82, 2.24) is 9.88 Å². The predicted molar refractivity (Wildman–Crippen MR) is 134 cm³/mol. The van der Waals surface area contributed by atoms with Crippen LogP contribution in [-0.2, 0) is 17.9 Å². The summed E-state index contributed by atoms with van der Waals surface area (Å²) >= 11 is 5.57. The van der Waals surface area contributed by atoms with Crippen LogP contribution in [0.15, 0.2) is 54.7 Å². The summed E-state index contributed by atoms with van der Waals surface area (Å²) in [5.74, 6) is -1.94. The fourth-order valence-electron chi connectivity index (χ4n) is 4.50. The fourth-order valence-corrected chi connectivity index (χ4v) is 5.02. The van der Waals surface area contributed by atoms with E-state index in [1.54, 1.807) is 44.3 Å². The zero-order valence-electron chi connectivity index (χ0n) is 19.3. The molecule has 0 aliphatic carbocycles. The van der Waals surface area contributed by atoms with Crippen molar-refractivity contribution in [2.24, 2.45) is 0 Å². The standard InChI is InChI=1S/C26H19F2N5O2S/c1-26(2)24(35)32(16-8-9-21(29-3)20(28)11-16)25(36)33(26)17-7-6-15(19(27)12-17)13-31-14-22-18(23(31)34)5-4-10-30-22/h4-12H,13-14H2,1-2H3. The van der Waals surface area contributed by atoms with Crippen molar-refractivity contribution in [3.05, 3.63) is 94.6 Å². The SMILES string of the molecule is [C-]#[N+]c1ccc(N2C(=O)C(C)(C)N(c3ccc(CN4Cc5ncccc5C4=O)c(F)c3)C2=S)cc1F. The highest BCUT2D eigenvalue weighted by molar-refractivity contribution is 7.81. The van der Waals surface area contributed by atoms with Gasteiger partial charge in [0.1, 0.15) is 17.2 Å². The Morgan fingerprint density at radius 2 is 1.81 bits per heavy atom. The summed E-state index contributed by atoms with van der Waals surface area (Å²) in [6, 6.07) is 11.7. The first-order valence-corrected chi connectivity index (χ1v) is 11.4. The molecule has 2 amide bonds. The highest BCUT2D eigenvalue weighted by atomic mass is 32.1. The number of halogens is 2. The summed E-state index contributed by atoms with van der Waals surface area (Å²) in [6.07, 6.45) is 1.61. The Morgan fingerprint density at radius 1 is 1.08 bits per heavy atom. The number of carbonyl (C=O) groups excluding carboxylic acids is 2. The van der Waals surface area contributed by atoms with Crippen molar-refractivity contribution < 1.29 is 18.4 Å². The molecule has 0 atom stereocenters. The van der Waals surface area contributed by atoms with Crippen LogP contribution in [0, 0.1) is 18.2 Å². The van der Waals surface area contributed by atoms with E-state index in [0.717, 1.165) is 6.07 Å². The molecule has 0 N–H and O–H groups in total. The molecule has 2 aromatic carbocycles.